The predicted molar refractivity (Wildman–Crippen MR) is 147 cm³/mol. The Labute approximate surface area is 222 Å². The minimum absolute atomic E-state index is 0.0477. The van der Waals surface area contributed by atoms with Crippen molar-refractivity contribution in [1.29, 1.82) is 0 Å². The van der Waals surface area contributed by atoms with Crippen LogP contribution in [0.2, 0.25) is 0 Å². The molecule has 0 radical (unpaired) electrons. The van der Waals surface area contributed by atoms with Crippen molar-refractivity contribution >= 4 is 12.0 Å². The van der Waals surface area contributed by atoms with Crippen LogP contribution in [0.1, 0.15) is 84.4 Å². The highest BCUT2D eigenvalue weighted by Gasteiger charge is 2.33. The Hall–Kier alpha value is -3.06. The molecule has 204 valence electrons. The maximum Gasteiger partial charge on any atom is 0.407 e. The molecule has 7 nitrogen and oxygen atoms in total. The Morgan fingerprint density at radius 1 is 0.946 bits per heavy atom. The van der Waals surface area contributed by atoms with Crippen LogP contribution in [-0.2, 0) is 9.53 Å². The van der Waals surface area contributed by atoms with Crippen molar-refractivity contribution in [1.82, 2.24) is 10.6 Å². The SMILES string of the molecule is CCCC(C)COc1ccc([C@@H](NC(=O)C(CNC(=O)OC(C)(C)C)c2ccccc2)C(C)(C)O)cc1. The molecule has 0 bridgehead atoms. The van der Waals surface area contributed by atoms with Crippen LogP contribution in [0.4, 0.5) is 4.79 Å². The zero-order valence-electron chi connectivity index (χ0n) is 23.3. The highest BCUT2D eigenvalue weighted by atomic mass is 16.6. The number of carbonyl (C=O) groups is 2. The van der Waals surface area contributed by atoms with E-state index in [4.69, 9.17) is 9.47 Å². The van der Waals surface area contributed by atoms with Gasteiger partial charge in [-0.2, -0.15) is 0 Å². The highest BCUT2D eigenvalue weighted by molar-refractivity contribution is 5.85. The molecule has 37 heavy (non-hydrogen) atoms. The van der Waals surface area contributed by atoms with Gasteiger partial charge in [-0.05, 0) is 70.2 Å². The minimum atomic E-state index is -1.24. The molecule has 0 aliphatic heterocycles. The maximum atomic E-state index is 13.5. The molecule has 2 amide bonds. The quantitative estimate of drug-likeness (QED) is 0.337. The highest BCUT2D eigenvalue weighted by Crippen LogP contribution is 2.29. The first kappa shape index (κ1) is 30.2. The molecule has 0 heterocycles. The Balaban J connectivity index is 2.19. The molecule has 2 aromatic rings. The van der Waals surface area contributed by atoms with Crippen LogP contribution in [0, 0.1) is 5.92 Å². The van der Waals surface area contributed by atoms with E-state index in [2.05, 4.69) is 24.5 Å². The minimum Gasteiger partial charge on any atom is -0.493 e. The van der Waals surface area contributed by atoms with Gasteiger partial charge in [0.05, 0.1) is 24.2 Å². The van der Waals surface area contributed by atoms with Gasteiger partial charge in [-0.15, -0.1) is 0 Å². The molecule has 3 atom stereocenters. The van der Waals surface area contributed by atoms with Crippen molar-refractivity contribution in [2.24, 2.45) is 5.92 Å². The number of ether oxygens (including phenoxy) is 2. The Bertz CT molecular complexity index is 978. The second-order valence-electron chi connectivity index (χ2n) is 11.2. The van der Waals surface area contributed by atoms with Crippen LogP contribution in [0.15, 0.2) is 54.6 Å². The van der Waals surface area contributed by atoms with E-state index in [0.29, 0.717) is 12.5 Å². The molecule has 0 aliphatic rings. The van der Waals surface area contributed by atoms with Crippen LogP contribution < -0.4 is 15.4 Å². The predicted octanol–water partition coefficient (Wildman–Crippen LogP) is 5.74. The standard InChI is InChI=1S/C30H44N2O5/c1-8-12-21(2)20-36-24-17-15-23(16-18-24)26(30(6,7)35)32-27(33)25(22-13-10-9-11-14-22)19-31-28(34)37-29(3,4)5/h9-11,13-18,21,25-26,35H,8,12,19-20H2,1-7H3,(H,31,34)(H,32,33)/t21?,25?,26-/m1/s1. The van der Waals surface area contributed by atoms with E-state index in [1.807, 2.05) is 54.6 Å². The normalized spacial score (nSPS) is 14.3. The van der Waals surface area contributed by atoms with Gasteiger partial charge < -0.3 is 25.2 Å². The number of aliphatic hydroxyl groups is 1. The van der Waals surface area contributed by atoms with Crippen molar-refractivity contribution in [2.45, 2.75) is 84.5 Å². The van der Waals surface area contributed by atoms with E-state index in [0.717, 1.165) is 29.7 Å². The number of hydrogen-bond acceptors (Lipinski definition) is 5. The largest absolute Gasteiger partial charge is 0.493 e. The van der Waals surface area contributed by atoms with Crippen LogP contribution >= 0.6 is 0 Å². The number of amides is 2. The molecular weight excluding hydrogens is 468 g/mol. The summed E-state index contributed by atoms with van der Waals surface area (Å²) in [7, 11) is 0. The summed E-state index contributed by atoms with van der Waals surface area (Å²) < 4.78 is 11.2. The van der Waals surface area contributed by atoms with Gasteiger partial charge in [0, 0.05) is 6.54 Å². The first-order valence-electron chi connectivity index (χ1n) is 13.1. The zero-order chi connectivity index (χ0) is 27.6. The summed E-state index contributed by atoms with van der Waals surface area (Å²) in [4.78, 5) is 25.8. The molecule has 2 unspecified atom stereocenters. The Morgan fingerprint density at radius 2 is 1.57 bits per heavy atom. The van der Waals surface area contributed by atoms with Crippen molar-refractivity contribution < 1.29 is 24.2 Å². The summed E-state index contributed by atoms with van der Waals surface area (Å²) in [6, 6.07) is 16.0. The van der Waals surface area contributed by atoms with Gasteiger partial charge in [0.25, 0.3) is 0 Å². The Kier molecular flexibility index (Phi) is 11.0. The molecule has 2 aromatic carbocycles. The molecular formula is C30H44N2O5. The van der Waals surface area contributed by atoms with Crippen LogP contribution in [0.25, 0.3) is 0 Å². The van der Waals surface area contributed by atoms with Crippen molar-refractivity contribution in [3.05, 3.63) is 65.7 Å². The molecule has 0 aliphatic carbocycles. The summed E-state index contributed by atoms with van der Waals surface area (Å²) in [6.45, 7) is 13.7. The molecule has 0 saturated carbocycles. The Morgan fingerprint density at radius 3 is 2.11 bits per heavy atom. The number of alkyl carbamates (subject to hydrolysis) is 1. The number of nitrogens with one attached hydrogen (secondary N) is 2. The van der Waals surface area contributed by atoms with E-state index in [9.17, 15) is 14.7 Å². The summed E-state index contributed by atoms with van der Waals surface area (Å²) in [6.07, 6.45) is 1.63. The van der Waals surface area contributed by atoms with Crippen molar-refractivity contribution in [3.63, 3.8) is 0 Å². The molecule has 0 fully saturated rings. The first-order valence-corrected chi connectivity index (χ1v) is 13.1. The lowest BCUT2D eigenvalue weighted by molar-refractivity contribution is -0.125. The fourth-order valence-electron chi connectivity index (χ4n) is 4.03. The third-order valence-electron chi connectivity index (χ3n) is 5.89. The summed E-state index contributed by atoms with van der Waals surface area (Å²) in [5.41, 5.74) is -0.393. The fraction of sp³-hybridized carbons (Fsp3) is 0.533. The van der Waals surface area contributed by atoms with Gasteiger partial charge in [-0.1, -0.05) is 62.7 Å². The smallest absolute Gasteiger partial charge is 0.407 e. The molecule has 0 spiro atoms. The van der Waals surface area contributed by atoms with E-state index < -0.39 is 29.3 Å². The van der Waals surface area contributed by atoms with Crippen LogP contribution in [0.5, 0.6) is 5.75 Å². The lowest BCUT2D eigenvalue weighted by Gasteiger charge is -2.32. The number of carbonyl (C=O) groups excluding carboxylic acids is 2. The van der Waals surface area contributed by atoms with Gasteiger partial charge in [0.15, 0.2) is 0 Å². The zero-order valence-corrected chi connectivity index (χ0v) is 23.3. The fourth-order valence-corrected chi connectivity index (χ4v) is 4.03. The van der Waals surface area contributed by atoms with Gasteiger partial charge in [-0.3, -0.25) is 4.79 Å². The van der Waals surface area contributed by atoms with Crippen LogP contribution in [0.3, 0.4) is 0 Å². The molecule has 2 rings (SSSR count). The average Bonchev–Trinajstić information content (AvgIpc) is 2.81. The summed E-state index contributed by atoms with van der Waals surface area (Å²) in [5, 5.41) is 16.7. The molecule has 0 aromatic heterocycles. The van der Waals surface area contributed by atoms with Gasteiger partial charge >= 0.3 is 6.09 Å². The number of hydrogen-bond donors (Lipinski definition) is 3. The third-order valence-corrected chi connectivity index (χ3v) is 5.89. The van der Waals surface area contributed by atoms with Crippen molar-refractivity contribution in [2.75, 3.05) is 13.2 Å². The van der Waals surface area contributed by atoms with E-state index in [1.165, 1.54) is 0 Å². The second kappa shape index (κ2) is 13.5. The lowest BCUT2D eigenvalue weighted by Crippen LogP contribution is -2.46. The summed E-state index contributed by atoms with van der Waals surface area (Å²) in [5.74, 6) is 0.220. The monoisotopic (exact) mass is 512 g/mol. The van der Waals surface area contributed by atoms with E-state index in [1.54, 1.807) is 34.6 Å². The van der Waals surface area contributed by atoms with Crippen molar-refractivity contribution in [3.8, 4) is 5.75 Å². The second-order valence-corrected chi connectivity index (χ2v) is 11.2. The summed E-state index contributed by atoms with van der Waals surface area (Å²) >= 11 is 0. The van der Waals surface area contributed by atoms with Gasteiger partial charge in [0.1, 0.15) is 11.4 Å². The van der Waals surface area contributed by atoms with Gasteiger partial charge in [-0.25, -0.2) is 4.79 Å². The molecule has 7 heteroatoms. The lowest BCUT2D eigenvalue weighted by atomic mass is 9.90. The van der Waals surface area contributed by atoms with E-state index >= 15 is 0 Å². The molecule has 0 saturated heterocycles. The first-order chi connectivity index (χ1) is 17.3. The van der Waals surface area contributed by atoms with Crippen LogP contribution in [-0.4, -0.2) is 41.5 Å². The molecule has 3 N–H and O–H groups in total. The maximum absolute atomic E-state index is 13.5. The number of benzene rings is 2. The van der Waals surface area contributed by atoms with E-state index in [-0.39, 0.29) is 12.5 Å². The topological polar surface area (TPSA) is 96.9 Å². The average molecular weight is 513 g/mol. The van der Waals surface area contributed by atoms with Gasteiger partial charge in [0.2, 0.25) is 5.91 Å². The number of rotatable bonds is 12. The third kappa shape index (κ3) is 10.4.